The number of aromatic nitrogens is 2. The maximum atomic E-state index is 10.6. The molecule has 1 saturated carbocycles. The van der Waals surface area contributed by atoms with Crippen LogP contribution < -0.4 is 5.73 Å². The second-order valence-electron chi connectivity index (χ2n) is 3.59. The molecule has 8 heteroatoms. The molecule has 0 saturated heterocycles. The fourth-order valence-electron chi connectivity index (χ4n) is 1.01. The summed E-state index contributed by atoms with van der Waals surface area (Å²) in [4.78, 5) is 8.90. The number of carbonyl (C=O) groups is 1. The second kappa shape index (κ2) is 4.66. The predicted molar refractivity (Wildman–Crippen MR) is 50.8 cm³/mol. The third-order valence-electron chi connectivity index (χ3n) is 2.19. The fraction of sp³-hybridized carbons (Fsp3) is 0.444. The minimum Gasteiger partial charge on any atom is -0.475 e. The van der Waals surface area contributed by atoms with Crippen molar-refractivity contribution >= 4 is 5.97 Å². The van der Waals surface area contributed by atoms with E-state index in [2.05, 4.69) is 10.2 Å². The van der Waals surface area contributed by atoms with Crippen molar-refractivity contribution in [1.82, 2.24) is 10.2 Å². The van der Waals surface area contributed by atoms with Crippen LogP contribution in [0.4, 0.5) is 13.2 Å². The Balaban J connectivity index is 0.000000185. The average Bonchev–Trinajstić information content (AvgIpc) is 2.99. The van der Waals surface area contributed by atoms with Crippen LogP contribution in [0, 0.1) is 0 Å². The van der Waals surface area contributed by atoms with Gasteiger partial charge in [-0.05, 0) is 24.5 Å². The molecule has 1 aliphatic rings. The van der Waals surface area contributed by atoms with E-state index in [1.54, 1.807) is 12.4 Å². The van der Waals surface area contributed by atoms with Crippen molar-refractivity contribution in [2.24, 2.45) is 5.73 Å². The fourth-order valence-corrected chi connectivity index (χ4v) is 1.01. The normalized spacial score (nSPS) is 16.7. The molecule has 0 amide bonds. The summed E-state index contributed by atoms with van der Waals surface area (Å²) in [6.07, 6.45) is 0.507. The van der Waals surface area contributed by atoms with Gasteiger partial charge >= 0.3 is 12.1 Å². The molecule has 1 aromatic rings. The van der Waals surface area contributed by atoms with E-state index in [9.17, 15) is 13.2 Å². The van der Waals surface area contributed by atoms with Gasteiger partial charge in [-0.2, -0.15) is 23.4 Å². The summed E-state index contributed by atoms with van der Waals surface area (Å²) < 4.78 is 31.7. The van der Waals surface area contributed by atoms with Crippen molar-refractivity contribution in [3.8, 4) is 0 Å². The first-order valence-corrected chi connectivity index (χ1v) is 4.62. The topological polar surface area (TPSA) is 89.1 Å². The van der Waals surface area contributed by atoms with Crippen LogP contribution in [-0.4, -0.2) is 27.4 Å². The van der Waals surface area contributed by atoms with Crippen molar-refractivity contribution < 1.29 is 23.1 Å². The molecule has 3 N–H and O–H groups in total. The molecule has 0 aliphatic heterocycles. The van der Waals surface area contributed by atoms with Crippen molar-refractivity contribution in [1.29, 1.82) is 0 Å². The van der Waals surface area contributed by atoms with Crippen LogP contribution in [0.1, 0.15) is 18.4 Å². The van der Waals surface area contributed by atoms with Crippen molar-refractivity contribution in [2.75, 3.05) is 0 Å². The molecular formula is C9H10F3N3O2. The summed E-state index contributed by atoms with van der Waals surface area (Å²) in [5, 5.41) is 14.6. The summed E-state index contributed by atoms with van der Waals surface area (Å²) >= 11 is 0. The largest absolute Gasteiger partial charge is 0.490 e. The lowest BCUT2D eigenvalue weighted by Gasteiger charge is -2.05. The lowest BCUT2D eigenvalue weighted by molar-refractivity contribution is -0.192. The molecule has 0 radical (unpaired) electrons. The van der Waals surface area contributed by atoms with E-state index in [0.717, 1.165) is 18.4 Å². The van der Waals surface area contributed by atoms with Gasteiger partial charge in [-0.15, -0.1) is 0 Å². The molecular weight excluding hydrogens is 239 g/mol. The van der Waals surface area contributed by atoms with Gasteiger partial charge in [-0.3, -0.25) is 0 Å². The van der Waals surface area contributed by atoms with Gasteiger partial charge in [0.1, 0.15) is 0 Å². The van der Waals surface area contributed by atoms with Gasteiger partial charge in [0, 0.05) is 11.7 Å². The minimum atomic E-state index is -5.08. The summed E-state index contributed by atoms with van der Waals surface area (Å²) in [7, 11) is 0. The molecule has 0 bridgehead atoms. The van der Waals surface area contributed by atoms with Gasteiger partial charge in [0.15, 0.2) is 0 Å². The molecule has 5 nitrogen and oxygen atoms in total. The number of hydrogen-bond donors (Lipinski definition) is 2. The third kappa shape index (κ3) is 3.99. The zero-order valence-corrected chi connectivity index (χ0v) is 8.61. The number of alkyl halides is 3. The Hall–Kier alpha value is -1.70. The molecule has 1 aromatic heterocycles. The Morgan fingerprint density at radius 1 is 1.41 bits per heavy atom. The molecule has 17 heavy (non-hydrogen) atoms. The number of aliphatic carboxylic acids is 1. The van der Waals surface area contributed by atoms with E-state index in [0.29, 0.717) is 0 Å². The SMILES string of the molecule is NC1(c2ccnnc2)CC1.O=C(O)C(F)(F)F. The highest BCUT2D eigenvalue weighted by molar-refractivity contribution is 5.73. The molecule has 94 valence electrons. The number of hydrogen-bond acceptors (Lipinski definition) is 4. The van der Waals surface area contributed by atoms with Gasteiger partial charge in [0.2, 0.25) is 0 Å². The van der Waals surface area contributed by atoms with Crippen LogP contribution in [0.15, 0.2) is 18.5 Å². The molecule has 0 aromatic carbocycles. The second-order valence-corrected chi connectivity index (χ2v) is 3.59. The lowest BCUT2D eigenvalue weighted by atomic mass is 10.1. The summed E-state index contributed by atoms with van der Waals surface area (Å²) in [5.41, 5.74) is 6.95. The maximum Gasteiger partial charge on any atom is 0.490 e. The average molecular weight is 249 g/mol. The smallest absolute Gasteiger partial charge is 0.475 e. The number of nitrogens with two attached hydrogens (primary N) is 1. The summed E-state index contributed by atoms with van der Waals surface area (Å²) in [6, 6.07) is 1.93. The molecule has 1 heterocycles. The van der Waals surface area contributed by atoms with Gasteiger partial charge in [-0.1, -0.05) is 0 Å². The molecule has 0 atom stereocenters. The molecule has 0 spiro atoms. The lowest BCUT2D eigenvalue weighted by Crippen LogP contribution is -2.21. The van der Waals surface area contributed by atoms with Gasteiger partial charge < -0.3 is 10.8 Å². The summed E-state index contributed by atoms with van der Waals surface area (Å²) in [6.45, 7) is 0. The van der Waals surface area contributed by atoms with E-state index < -0.39 is 12.1 Å². The molecule has 1 fully saturated rings. The Labute approximate surface area is 94.5 Å². The number of carboxylic acids is 1. The maximum absolute atomic E-state index is 10.6. The van der Waals surface area contributed by atoms with Crippen LogP contribution in [0.25, 0.3) is 0 Å². The first-order valence-electron chi connectivity index (χ1n) is 4.62. The Morgan fingerprint density at radius 3 is 2.24 bits per heavy atom. The van der Waals surface area contributed by atoms with Gasteiger partial charge in [0.05, 0.1) is 6.20 Å². The highest BCUT2D eigenvalue weighted by atomic mass is 19.4. The van der Waals surface area contributed by atoms with E-state index in [4.69, 9.17) is 15.6 Å². The van der Waals surface area contributed by atoms with E-state index in [1.165, 1.54) is 0 Å². The number of rotatable bonds is 1. The van der Waals surface area contributed by atoms with Gasteiger partial charge in [-0.25, -0.2) is 4.79 Å². The number of nitrogens with zero attached hydrogens (tertiary/aromatic N) is 2. The van der Waals surface area contributed by atoms with E-state index in [1.807, 2.05) is 6.07 Å². The van der Waals surface area contributed by atoms with E-state index >= 15 is 0 Å². The van der Waals surface area contributed by atoms with Crippen LogP contribution in [0.2, 0.25) is 0 Å². The molecule has 0 unspecified atom stereocenters. The highest BCUT2D eigenvalue weighted by Crippen LogP contribution is 2.41. The number of halogens is 3. The Morgan fingerprint density at radius 2 is 1.94 bits per heavy atom. The Kier molecular flexibility index (Phi) is 3.66. The van der Waals surface area contributed by atoms with Crippen molar-refractivity contribution in [3.63, 3.8) is 0 Å². The zero-order valence-electron chi connectivity index (χ0n) is 8.61. The quantitative estimate of drug-likeness (QED) is 0.776. The van der Waals surface area contributed by atoms with E-state index in [-0.39, 0.29) is 5.54 Å². The first kappa shape index (κ1) is 13.4. The highest BCUT2D eigenvalue weighted by Gasteiger charge is 2.40. The molecule has 1 aliphatic carbocycles. The predicted octanol–water partition coefficient (Wildman–Crippen LogP) is 1.06. The van der Waals surface area contributed by atoms with Crippen LogP contribution >= 0.6 is 0 Å². The van der Waals surface area contributed by atoms with Crippen LogP contribution in [0.5, 0.6) is 0 Å². The molecule has 2 rings (SSSR count). The van der Waals surface area contributed by atoms with Crippen molar-refractivity contribution in [2.45, 2.75) is 24.6 Å². The van der Waals surface area contributed by atoms with Gasteiger partial charge in [0.25, 0.3) is 0 Å². The van der Waals surface area contributed by atoms with Crippen molar-refractivity contribution in [3.05, 3.63) is 24.0 Å². The third-order valence-corrected chi connectivity index (χ3v) is 2.19. The first-order chi connectivity index (χ1) is 7.76. The zero-order chi connectivity index (χ0) is 13.1. The minimum absolute atomic E-state index is 0.0596. The standard InChI is InChI=1S/C7H9N3.C2HF3O2/c8-7(2-3-7)6-1-4-9-10-5-6;3-2(4,5)1(6)7/h1,4-5H,2-3,8H2;(H,6,7). The Bertz CT molecular complexity index is 390. The summed E-state index contributed by atoms with van der Waals surface area (Å²) in [5.74, 6) is -2.76. The number of carboxylic acid groups (broad SMARTS) is 1. The van der Waals surface area contributed by atoms with Crippen LogP contribution in [-0.2, 0) is 10.3 Å². The monoisotopic (exact) mass is 249 g/mol. The van der Waals surface area contributed by atoms with Crippen LogP contribution in [0.3, 0.4) is 0 Å².